The van der Waals surface area contributed by atoms with Gasteiger partial charge in [-0.2, -0.15) is 13.2 Å². The van der Waals surface area contributed by atoms with Crippen LogP contribution in [0, 0.1) is 5.92 Å². The van der Waals surface area contributed by atoms with Gasteiger partial charge in [-0.25, -0.2) is 0 Å². The molecule has 0 aromatic heterocycles. The molecular formula is C15H20F3NO2. The molecule has 0 radical (unpaired) electrons. The van der Waals surface area contributed by atoms with Gasteiger partial charge in [0.05, 0.1) is 12.2 Å². The molecule has 1 aromatic rings. The molecule has 118 valence electrons. The van der Waals surface area contributed by atoms with Crippen LogP contribution in [0.2, 0.25) is 0 Å². The lowest BCUT2D eigenvalue weighted by Crippen LogP contribution is -2.24. The van der Waals surface area contributed by atoms with Crippen LogP contribution in [0.1, 0.15) is 18.4 Å². The molecule has 1 aromatic carbocycles. The first-order valence-corrected chi connectivity index (χ1v) is 7.12. The Hall–Kier alpha value is -1.27. The zero-order valence-electron chi connectivity index (χ0n) is 11.8. The van der Waals surface area contributed by atoms with Crippen molar-refractivity contribution in [2.24, 2.45) is 5.92 Å². The molecular weight excluding hydrogens is 283 g/mol. The third kappa shape index (κ3) is 4.89. The minimum atomic E-state index is -4.34. The Bertz CT molecular complexity index is 451. The number of hydrogen-bond donors (Lipinski definition) is 1. The van der Waals surface area contributed by atoms with Gasteiger partial charge in [0.25, 0.3) is 0 Å². The minimum absolute atomic E-state index is 0.219. The molecule has 0 bridgehead atoms. The number of rotatable bonds is 6. The van der Waals surface area contributed by atoms with Crippen molar-refractivity contribution >= 4 is 0 Å². The maximum atomic E-state index is 12.5. The Morgan fingerprint density at radius 3 is 2.81 bits per heavy atom. The Morgan fingerprint density at radius 2 is 2.14 bits per heavy atom. The molecule has 1 unspecified atom stereocenters. The highest BCUT2D eigenvalue weighted by Crippen LogP contribution is 2.31. The molecule has 21 heavy (non-hydrogen) atoms. The molecule has 1 atom stereocenters. The van der Waals surface area contributed by atoms with Crippen molar-refractivity contribution in [3.8, 4) is 5.75 Å². The summed E-state index contributed by atoms with van der Waals surface area (Å²) in [6.07, 6.45) is -2.58. The summed E-state index contributed by atoms with van der Waals surface area (Å²) in [5.74, 6) is 0.605. The molecule has 1 fully saturated rings. The zero-order chi connectivity index (χ0) is 15.3. The zero-order valence-corrected chi connectivity index (χ0v) is 11.8. The molecule has 0 aliphatic carbocycles. The number of nitrogens with zero attached hydrogens (tertiary/aromatic N) is 1. The fraction of sp³-hybridized carbons (Fsp3) is 0.600. The van der Waals surface area contributed by atoms with E-state index in [0.717, 1.165) is 44.6 Å². The summed E-state index contributed by atoms with van der Waals surface area (Å²) >= 11 is 0. The van der Waals surface area contributed by atoms with Gasteiger partial charge in [0, 0.05) is 19.7 Å². The number of aliphatic hydroxyl groups excluding tert-OH is 1. The van der Waals surface area contributed by atoms with E-state index in [9.17, 15) is 13.2 Å². The van der Waals surface area contributed by atoms with E-state index in [4.69, 9.17) is 9.84 Å². The Kier molecular flexibility index (Phi) is 5.47. The number of hydrogen-bond acceptors (Lipinski definition) is 3. The lowest BCUT2D eigenvalue weighted by molar-refractivity contribution is -0.137. The maximum absolute atomic E-state index is 12.5. The van der Waals surface area contributed by atoms with Gasteiger partial charge in [0.2, 0.25) is 0 Å². The van der Waals surface area contributed by atoms with Crippen LogP contribution >= 0.6 is 0 Å². The van der Waals surface area contributed by atoms with Gasteiger partial charge in [-0.15, -0.1) is 0 Å². The second-order valence-corrected chi connectivity index (χ2v) is 5.37. The highest BCUT2D eigenvalue weighted by atomic mass is 19.4. The number of benzene rings is 1. The third-order valence-electron chi connectivity index (χ3n) is 3.68. The molecule has 1 saturated heterocycles. The second kappa shape index (κ2) is 7.13. The molecule has 1 N–H and O–H groups in total. The average Bonchev–Trinajstić information content (AvgIpc) is 2.91. The van der Waals surface area contributed by atoms with Gasteiger partial charge in [-0.3, -0.25) is 0 Å². The summed E-state index contributed by atoms with van der Waals surface area (Å²) in [6.45, 7) is 3.31. The summed E-state index contributed by atoms with van der Waals surface area (Å²) in [7, 11) is 0. The molecule has 1 aliphatic rings. The first-order valence-electron chi connectivity index (χ1n) is 7.12. The van der Waals surface area contributed by atoms with Crippen molar-refractivity contribution in [3.05, 3.63) is 29.8 Å². The van der Waals surface area contributed by atoms with Crippen LogP contribution in [0.25, 0.3) is 0 Å². The van der Waals surface area contributed by atoms with Crippen LogP contribution in [0.15, 0.2) is 24.3 Å². The number of likely N-dealkylation sites (tertiary alicyclic amines) is 1. The standard InChI is InChI=1S/C15H20F3NO2/c16-15(17,18)13-3-1-4-14(9-13)21-8-2-6-19-7-5-12(10-19)11-20/h1,3-4,9,12,20H,2,5-8,10-11H2. The van der Waals surface area contributed by atoms with E-state index in [2.05, 4.69) is 4.90 Å². The lowest BCUT2D eigenvalue weighted by Gasteiger charge is -2.15. The number of halogens is 3. The van der Waals surface area contributed by atoms with Gasteiger partial charge >= 0.3 is 6.18 Å². The van der Waals surface area contributed by atoms with E-state index in [1.54, 1.807) is 0 Å². The van der Waals surface area contributed by atoms with Gasteiger partial charge in [0.1, 0.15) is 5.75 Å². The quantitative estimate of drug-likeness (QED) is 0.820. The van der Waals surface area contributed by atoms with E-state index in [1.165, 1.54) is 12.1 Å². The Labute approximate surface area is 122 Å². The highest BCUT2D eigenvalue weighted by molar-refractivity contribution is 5.30. The predicted molar refractivity (Wildman–Crippen MR) is 73.2 cm³/mol. The average molecular weight is 303 g/mol. The van der Waals surface area contributed by atoms with Crippen LogP contribution in [-0.4, -0.2) is 42.9 Å². The molecule has 0 amide bonds. The molecule has 0 saturated carbocycles. The molecule has 6 heteroatoms. The van der Waals surface area contributed by atoms with E-state index in [-0.39, 0.29) is 12.4 Å². The number of aliphatic hydroxyl groups is 1. The van der Waals surface area contributed by atoms with Crippen LogP contribution in [0.3, 0.4) is 0 Å². The number of alkyl halides is 3. The fourth-order valence-corrected chi connectivity index (χ4v) is 2.51. The molecule has 1 aliphatic heterocycles. The summed E-state index contributed by atoms with van der Waals surface area (Å²) in [6, 6.07) is 4.95. The van der Waals surface area contributed by atoms with Crippen LogP contribution < -0.4 is 4.74 Å². The van der Waals surface area contributed by atoms with Crippen LogP contribution in [0.4, 0.5) is 13.2 Å². The summed E-state index contributed by atoms with van der Waals surface area (Å²) in [4.78, 5) is 2.25. The molecule has 0 spiro atoms. The second-order valence-electron chi connectivity index (χ2n) is 5.37. The summed E-state index contributed by atoms with van der Waals surface area (Å²) in [5, 5.41) is 9.05. The normalized spacial score (nSPS) is 19.9. The van der Waals surface area contributed by atoms with Crippen molar-refractivity contribution in [2.45, 2.75) is 19.0 Å². The third-order valence-corrected chi connectivity index (χ3v) is 3.68. The SMILES string of the molecule is OCC1CCN(CCCOc2cccc(C(F)(F)F)c2)C1. The van der Waals surface area contributed by atoms with Gasteiger partial charge in [-0.05, 0) is 43.5 Å². The summed E-state index contributed by atoms with van der Waals surface area (Å²) < 4.78 is 43.0. The first kappa shape index (κ1) is 16.1. The maximum Gasteiger partial charge on any atom is 0.416 e. The van der Waals surface area contributed by atoms with Crippen molar-refractivity contribution in [1.29, 1.82) is 0 Å². The Balaban J connectivity index is 1.72. The van der Waals surface area contributed by atoms with Crippen molar-refractivity contribution in [1.82, 2.24) is 4.90 Å². The van der Waals surface area contributed by atoms with E-state index < -0.39 is 11.7 Å². The topological polar surface area (TPSA) is 32.7 Å². The van der Waals surface area contributed by atoms with E-state index >= 15 is 0 Å². The minimum Gasteiger partial charge on any atom is -0.494 e. The highest BCUT2D eigenvalue weighted by Gasteiger charge is 2.30. The van der Waals surface area contributed by atoms with Crippen molar-refractivity contribution in [3.63, 3.8) is 0 Å². The number of ether oxygens (including phenoxy) is 1. The van der Waals surface area contributed by atoms with Gasteiger partial charge in [-0.1, -0.05) is 6.07 Å². The molecule has 3 nitrogen and oxygen atoms in total. The summed E-state index contributed by atoms with van der Waals surface area (Å²) in [5.41, 5.74) is -0.690. The van der Waals surface area contributed by atoms with Crippen LogP contribution in [0.5, 0.6) is 5.75 Å². The van der Waals surface area contributed by atoms with Gasteiger partial charge < -0.3 is 14.7 Å². The Morgan fingerprint density at radius 1 is 1.33 bits per heavy atom. The smallest absolute Gasteiger partial charge is 0.416 e. The first-order chi connectivity index (χ1) is 9.99. The predicted octanol–water partition coefficient (Wildman–Crippen LogP) is 2.79. The lowest BCUT2D eigenvalue weighted by atomic mass is 10.1. The van der Waals surface area contributed by atoms with Gasteiger partial charge in [0.15, 0.2) is 0 Å². The van der Waals surface area contributed by atoms with Crippen molar-refractivity contribution in [2.75, 3.05) is 32.8 Å². The molecule has 1 heterocycles. The van der Waals surface area contributed by atoms with Crippen molar-refractivity contribution < 1.29 is 23.0 Å². The van der Waals surface area contributed by atoms with E-state index in [0.29, 0.717) is 12.5 Å². The molecule has 2 rings (SSSR count). The largest absolute Gasteiger partial charge is 0.494 e. The fourth-order valence-electron chi connectivity index (χ4n) is 2.51. The van der Waals surface area contributed by atoms with E-state index in [1.807, 2.05) is 0 Å². The monoisotopic (exact) mass is 303 g/mol. The van der Waals surface area contributed by atoms with Crippen LogP contribution in [-0.2, 0) is 6.18 Å².